The molecule has 6 heteroatoms. The zero-order valence-electron chi connectivity index (χ0n) is 19.2. The van der Waals surface area contributed by atoms with Crippen LogP contribution in [0.15, 0.2) is 78.0 Å². The molecule has 0 aliphatic heterocycles. The number of hydrogen-bond acceptors (Lipinski definition) is 3. The Morgan fingerprint density at radius 2 is 1.81 bits per heavy atom. The van der Waals surface area contributed by atoms with Crippen molar-refractivity contribution in [2.75, 3.05) is 26.2 Å². The Morgan fingerprint density at radius 3 is 2.56 bits per heavy atom. The average molecular weight is 434 g/mol. The highest BCUT2D eigenvalue weighted by molar-refractivity contribution is 5.79. The van der Waals surface area contributed by atoms with Crippen molar-refractivity contribution in [1.29, 1.82) is 0 Å². The lowest BCUT2D eigenvalue weighted by Crippen LogP contribution is -2.38. The predicted molar refractivity (Wildman–Crippen MR) is 131 cm³/mol. The average Bonchev–Trinajstić information content (AvgIpc) is 3.26. The van der Waals surface area contributed by atoms with Gasteiger partial charge in [0.05, 0.1) is 6.10 Å². The number of ether oxygens (including phenoxy) is 1. The van der Waals surface area contributed by atoms with E-state index < -0.39 is 0 Å². The van der Waals surface area contributed by atoms with Crippen LogP contribution in [0.25, 0.3) is 0 Å². The predicted octanol–water partition coefficient (Wildman–Crippen LogP) is 4.20. The highest BCUT2D eigenvalue weighted by atomic mass is 16.5. The fourth-order valence-electron chi connectivity index (χ4n) is 3.46. The van der Waals surface area contributed by atoms with E-state index in [1.54, 1.807) is 0 Å². The number of hydrogen-bond donors (Lipinski definition) is 2. The maximum absolute atomic E-state index is 5.94. The van der Waals surface area contributed by atoms with Crippen LogP contribution in [0.4, 0.5) is 0 Å². The molecule has 2 aromatic carbocycles. The molecule has 3 aromatic rings. The summed E-state index contributed by atoms with van der Waals surface area (Å²) < 4.78 is 8.14. The quantitative estimate of drug-likeness (QED) is 0.255. The van der Waals surface area contributed by atoms with Gasteiger partial charge in [-0.2, -0.15) is 0 Å². The van der Waals surface area contributed by atoms with Gasteiger partial charge in [-0.15, -0.1) is 0 Å². The Bertz CT molecular complexity index is 924. The fraction of sp³-hybridized carbons (Fsp3) is 0.385. The zero-order chi connectivity index (χ0) is 22.4. The summed E-state index contributed by atoms with van der Waals surface area (Å²) in [6, 6.07) is 20.8. The van der Waals surface area contributed by atoms with Crippen LogP contribution in [0.5, 0.6) is 0 Å². The molecule has 32 heavy (non-hydrogen) atoms. The van der Waals surface area contributed by atoms with Gasteiger partial charge in [0.25, 0.3) is 0 Å². The summed E-state index contributed by atoms with van der Waals surface area (Å²) in [5, 5.41) is 6.73. The van der Waals surface area contributed by atoms with E-state index in [0.717, 1.165) is 50.8 Å². The monoisotopic (exact) mass is 433 g/mol. The Kier molecular flexibility index (Phi) is 9.80. The molecular formula is C26H35N5O. The van der Waals surface area contributed by atoms with Gasteiger partial charge in [0, 0.05) is 51.6 Å². The molecule has 1 aromatic heterocycles. The van der Waals surface area contributed by atoms with Crippen molar-refractivity contribution >= 4 is 5.96 Å². The Labute approximate surface area is 191 Å². The number of aromatic nitrogens is 2. The highest BCUT2D eigenvalue weighted by Crippen LogP contribution is 2.15. The Morgan fingerprint density at radius 1 is 1.06 bits per heavy atom. The first-order valence-corrected chi connectivity index (χ1v) is 11.5. The fourth-order valence-corrected chi connectivity index (χ4v) is 3.46. The number of guanidine groups is 1. The van der Waals surface area contributed by atoms with Crippen LogP contribution in [0, 0.1) is 0 Å². The highest BCUT2D eigenvalue weighted by Gasteiger charge is 2.06. The first-order valence-electron chi connectivity index (χ1n) is 11.5. The van der Waals surface area contributed by atoms with E-state index in [1.807, 2.05) is 36.7 Å². The molecule has 1 atom stereocenters. The van der Waals surface area contributed by atoms with Gasteiger partial charge in [-0.25, -0.2) is 4.98 Å². The van der Waals surface area contributed by atoms with E-state index in [-0.39, 0.29) is 6.10 Å². The van der Waals surface area contributed by atoms with Gasteiger partial charge in [0.2, 0.25) is 0 Å². The summed E-state index contributed by atoms with van der Waals surface area (Å²) in [5.41, 5.74) is 2.48. The minimum absolute atomic E-state index is 0.103. The lowest BCUT2D eigenvalue weighted by molar-refractivity contribution is 0.0652. The van der Waals surface area contributed by atoms with Crippen LogP contribution >= 0.6 is 0 Å². The smallest absolute Gasteiger partial charge is 0.191 e. The van der Waals surface area contributed by atoms with Gasteiger partial charge in [-0.05, 0) is 31.4 Å². The molecule has 0 saturated heterocycles. The number of rotatable bonds is 12. The molecule has 0 amide bonds. The van der Waals surface area contributed by atoms with Gasteiger partial charge in [-0.3, -0.25) is 4.99 Å². The van der Waals surface area contributed by atoms with E-state index in [1.165, 1.54) is 11.1 Å². The number of nitrogens with zero attached hydrogens (tertiary/aromatic N) is 3. The number of imidazole rings is 1. The SMILES string of the molecule is CCNC(=NCCCOC(C)c1ccccc1)NCCc1nccn1Cc1ccccc1. The molecule has 1 heterocycles. The molecule has 0 aliphatic rings. The summed E-state index contributed by atoms with van der Waals surface area (Å²) >= 11 is 0. The lowest BCUT2D eigenvalue weighted by atomic mass is 10.1. The van der Waals surface area contributed by atoms with E-state index >= 15 is 0 Å². The van der Waals surface area contributed by atoms with E-state index in [9.17, 15) is 0 Å². The zero-order valence-corrected chi connectivity index (χ0v) is 19.2. The van der Waals surface area contributed by atoms with Crippen LogP contribution in [0.1, 0.15) is 43.3 Å². The second kappa shape index (κ2) is 13.3. The molecule has 6 nitrogen and oxygen atoms in total. The molecule has 170 valence electrons. The number of benzene rings is 2. The summed E-state index contributed by atoms with van der Waals surface area (Å²) in [6.07, 6.45) is 5.73. The van der Waals surface area contributed by atoms with Crippen molar-refractivity contribution in [3.63, 3.8) is 0 Å². The van der Waals surface area contributed by atoms with Crippen LogP contribution in [-0.4, -0.2) is 41.8 Å². The lowest BCUT2D eigenvalue weighted by Gasteiger charge is -2.14. The topological polar surface area (TPSA) is 63.5 Å². The Hall–Kier alpha value is -3.12. The van der Waals surface area contributed by atoms with E-state index in [4.69, 9.17) is 4.74 Å². The van der Waals surface area contributed by atoms with Gasteiger partial charge >= 0.3 is 0 Å². The van der Waals surface area contributed by atoms with Crippen molar-refractivity contribution in [3.05, 3.63) is 90.0 Å². The van der Waals surface area contributed by atoms with Gasteiger partial charge < -0.3 is 19.9 Å². The molecule has 0 fully saturated rings. The van der Waals surface area contributed by atoms with Gasteiger partial charge in [0.15, 0.2) is 5.96 Å². The van der Waals surface area contributed by atoms with E-state index in [2.05, 4.69) is 75.4 Å². The van der Waals surface area contributed by atoms with Crippen LogP contribution in [0.3, 0.4) is 0 Å². The van der Waals surface area contributed by atoms with Crippen molar-refractivity contribution in [2.45, 2.75) is 39.3 Å². The van der Waals surface area contributed by atoms with Gasteiger partial charge in [0.1, 0.15) is 5.82 Å². The minimum Gasteiger partial charge on any atom is -0.374 e. The summed E-state index contributed by atoms with van der Waals surface area (Å²) in [4.78, 5) is 9.21. The number of nitrogens with one attached hydrogen (secondary N) is 2. The largest absolute Gasteiger partial charge is 0.374 e. The third-order valence-electron chi connectivity index (χ3n) is 5.19. The standard InChI is InChI=1S/C26H35N5O/c1-3-27-26(29-16-10-20-32-22(2)24-13-8-5-9-14-24)30-17-15-25-28-18-19-31(25)21-23-11-6-4-7-12-23/h4-9,11-14,18-19,22H,3,10,15-17,20-21H2,1-2H3,(H2,27,29,30). The first kappa shape index (κ1) is 23.5. The van der Waals surface area contributed by atoms with Crippen LogP contribution in [0.2, 0.25) is 0 Å². The maximum Gasteiger partial charge on any atom is 0.191 e. The van der Waals surface area contributed by atoms with Crippen LogP contribution in [-0.2, 0) is 17.7 Å². The molecule has 0 saturated carbocycles. The van der Waals surface area contributed by atoms with Gasteiger partial charge in [-0.1, -0.05) is 60.7 Å². The summed E-state index contributed by atoms with van der Waals surface area (Å²) in [5.74, 6) is 1.91. The third-order valence-corrected chi connectivity index (χ3v) is 5.19. The second-order valence-electron chi connectivity index (χ2n) is 7.67. The maximum atomic E-state index is 5.94. The normalized spacial score (nSPS) is 12.5. The molecular weight excluding hydrogens is 398 g/mol. The van der Waals surface area contributed by atoms with Crippen molar-refractivity contribution in [3.8, 4) is 0 Å². The summed E-state index contributed by atoms with van der Waals surface area (Å²) in [6.45, 7) is 8.02. The molecule has 2 N–H and O–H groups in total. The molecule has 0 aliphatic carbocycles. The van der Waals surface area contributed by atoms with Crippen molar-refractivity contribution in [2.24, 2.45) is 4.99 Å². The minimum atomic E-state index is 0.103. The third kappa shape index (κ3) is 7.85. The Balaban J connectivity index is 1.40. The van der Waals surface area contributed by atoms with Crippen molar-refractivity contribution < 1.29 is 4.74 Å². The summed E-state index contributed by atoms with van der Waals surface area (Å²) in [7, 11) is 0. The molecule has 0 spiro atoms. The molecule has 0 radical (unpaired) electrons. The van der Waals surface area contributed by atoms with Crippen molar-refractivity contribution in [1.82, 2.24) is 20.2 Å². The number of aliphatic imine (C=N–C) groups is 1. The molecule has 1 unspecified atom stereocenters. The first-order chi connectivity index (χ1) is 15.8. The van der Waals surface area contributed by atoms with E-state index in [0.29, 0.717) is 6.61 Å². The second-order valence-corrected chi connectivity index (χ2v) is 7.67. The molecule has 0 bridgehead atoms. The van der Waals surface area contributed by atoms with Crippen LogP contribution < -0.4 is 10.6 Å². The molecule has 3 rings (SSSR count).